The van der Waals surface area contributed by atoms with Crippen LogP contribution in [0.25, 0.3) is 0 Å². The predicted molar refractivity (Wildman–Crippen MR) is 69.5 cm³/mol. The van der Waals surface area contributed by atoms with Crippen molar-refractivity contribution < 1.29 is 0 Å². The molecule has 0 heterocycles. The van der Waals surface area contributed by atoms with Crippen molar-refractivity contribution in [1.82, 2.24) is 0 Å². The van der Waals surface area contributed by atoms with Gasteiger partial charge in [-0.15, -0.1) is 11.6 Å². The van der Waals surface area contributed by atoms with Gasteiger partial charge in [-0.25, -0.2) is 0 Å². The molecule has 0 aliphatic heterocycles. The van der Waals surface area contributed by atoms with E-state index in [4.69, 9.17) is 11.6 Å². The summed E-state index contributed by atoms with van der Waals surface area (Å²) in [7, 11) is 0. The van der Waals surface area contributed by atoms with Crippen LogP contribution < -0.4 is 0 Å². The first-order chi connectivity index (χ1) is 7.13. The average molecular weight is 231 g/mol. The minimum atomic E-state index is 0.395. The van der Waals surface area contributed by atoms with Crippen LogP contribution >= 0.6 is 11.6 Å². The number of alkyl halides is 1. The van der Waals surface area contributed by atoms with Gasteiger partial charge in [0.05, 0.1) is 0 Å². The van der Waals surface area contributed by atoms with E-state index in [0.29, 0.717) is 11.3 Å². The number of halogens is 1. The molecule has 0 nitrogen and oxygen atoms in total. The summed E-state index contributed by atoms with van der Waals surface area (Å²) in [6.07, 6.45) is 9.82. The highest BCUT2D eigenvalue weighted by Crippen LogP contribution is 2.34. The molecule has 1 fully saturated rings. The molecule has 3 atom stereocenters. The van der Waals surface area contributed by atoms with Gasteiger partial charge in [0.2, 0.25) is 0 Å². The Hall–Kier alpha value is 0.290. The molecule has 0 aromatic rings. The minimum Gasteiger partial charge on any atom is -0.123 e. The summed E-state index contributed by atoms with van der Waals surface area (Å²) in [5, 5.41) is 0.395. The highest BCUT2D eigenvalue weighted by Gasteiger charge is 2.21. The second-order valence-electron chi connectivity index (χ2n) is 5.64. The molecule has 0 amide bonds. The molecule has 1 saturated carbocycles. The van der Waals surface area contributed by atoms with Crippen LogP contribution in [-0.2, 0) is 0 Å². The Kier molecular flexibility index (Phi) is 6.04. The Bertz CT molecular complexity index is 165. The summed E-state index contributed by atoms with van der Waals surface area (Å²) < 4.78 is 0. The zero-order valence-electron chi connectivity index (χ0n) is 10.6. The van der Waals surface area contributed by atoms with Crippen LogP contribution in [0.5, 0.6) is 0 Å². The fraction of sp³-hybridized carbons (Fsp3) is 1.00. The molecule has 0 radical (unpaired) electrons. The van der Waals surface area contributed by atoms with Gasteiger partial charge in [0.25, 0.3) is 0 Å². The van der Waals surface area contributed by atoms with E-state index in [-0.39, 0.29) is 0 Å². The lowest BCUT2D eigenvalue weighted by Crippen LogP contribution is -2.17. The molecule has 0 spiro atoms. The Balaban J connectivity index is 2.20. The number of hydrogen-bond donors (Lipinski definition) is 0. The molecule has 1 aliphatic carbocycles. The van der Waals surface area contributed by atoms with Crippen LogP contribution in [0, 0.1) is 17.8 Å². The van der Waals surface area contributed by atoms with E-state index in [2.05, 4.69) is 20.8 Å². The third-order valence-corrected chi connectivity index (χ3v) is 4.77. The van der Waals surface area contributed by atoms with Gasteiger partial charge in [-0.1, -0.05) is 46.5 Å². The van der Waals surface area contributed by atoms with Crippen LogP contribution in [0.4, 0.5) is 0 Å². The molecular weight excluding hydrogens is 204 g/mol. The molecule has 1 aliphatic rings. The minimum absolute atomic E-state index is 0.395. The van der Waals surface area contributed by atoms with Crippen molar-refractivity contribution >= 4 is 11.6 Å². The molecule has 3 unspecified atom stereocenters. The first-order valence-electron chi connectivity index (χ1n) is 6.77. The van der Waals surface area contributed by atoms with Crippen molar-refractivity contribution in [2.75, 3.05) is 0 Å². The SMILES string of the molecule is CCC1CCCC(CCC(Cl)C(C)C)C1. The molecule has 90 valence electrons. The summed E-state index contributed by atoms with van der Waals surface area (Å²) in [6, 6.07) is 0. The summed E-state index contributed by atoms with van der Waals surface area (Å²) in [6.45, 7) is 6.80. The van der Waals surface area contributed by atoms with Crippen molar-refractivity contribution in [3.05, 3.63) is 0 Å². The zero-order valence-corrected chi connectivity index (χ0v) is 11.4. The zero-order chi connectivity index (χ0) is 11.3. The second kappa shape index (κ2) is 6.78. The van der Waals surface area contributed by atoms with Crippen molar-refractivity contribution in [3.63, 3.8) is 0 Å². The number of hydrogen-bond acceptors (Lipinski definition) is 0. The molecule has 0 aromatic heterocycles. The lowest BCUT2D eigenvalue weighted by Gasteiger charge is -2.29. The molecule has 0 N–H and O–H groups in total. The Morgan fingerprint density at radius 2 is 1.87 bits per heavy atom. The predicted octanol–water partition coefficient (Wildman–Crippen LogP) is 5.25. The smallest absolute Gasteiger partial charge is 0.0359 e. The maximum Gasteiger partial charge on any atom is 0.0359 e. The maximum absolute atomic E-state index is 6.31. The normalized spacial score (nSPS) is 29.4. The molecule has 15 heavy (non-hydrogen) atoms. The van der Waals surface area contributed by atoms with E-state index in [1.165, 1.54) is 44.9 Å². The van der Waals surface area contributed by atoms with Gasteiger partial charge in [0.1, 0.15) is 0 Å². The Labute approximate surface area is 101 Å². The van der Waals surface area contributed by atoms with Crippen molar-refractivity contribution in [2.45, 2.75) is 71.1 Å². The Morgan fingerprint density at radius 1 is 1.20 bits per heavy atom. The van der Waals surface area contributed by atoms with E-state index >= 15 is 0 Å². The fourth-order valence-electron chi connectivity index (χ4n) is 2.76. The Morgan fingerprint density at radius 3 is 2.47 bits per heavy atom. The average Bonchev–Trinajstić information content (AvgIpc) is 2.26. The van der Waals surface area contributed by atoms with Crippen LogP contribution in [0.1, 0.15) is 65.7 Å². The van der Waals surface area contributed by atoms with Crippen LogP contribution in [0.2, 0.25) is 0 Å². The van der Waals surface area contributed by atoms with Gasteiger partial charge in [-0.05, 0) is 37.0 Å². The van der Waals surface area contributed by atoms with Crippen molar-refractivity contribution in [3.8, 4) is 0 Å². The van der Waals surface area contributed by atoms with Crippen molar-refractivity contribution in [2.24, 2.45) is 17.8 Å². The lowest BCUT2D eigenvalue weighted by atomic mass is 9.78. The fourth-order valence-corrected chi connectivity index (χ4v) is 2.89. The van der Waals surface area contributed by atoms with Crippen LogP contribution in [-0.4, -0.2) is 5.38 Å². The molecule has 0 bridgehead atoms. The van der Waals surface area contributed by atoms with Gasteiger partial charge in [0.15, 0.2) is 0 Å². The third-order valence-electron chi connectivity index (χ3n) is 4.04. The highest BCUT2D eigenvalue weighted by atomic mass is 35.5. The molecule has 1 rings (SSSR count). The van der Waals surface area contributed by atoms with Crippen LogP contribution in [0.3, 0.4) is 0 Å². The first kappa shape index (κ1) is 13.4. The summed E-state index contributed by atoms with van der Waals surface area (Å²) in [5.74, 6) is 2.62. The summed E-state index contributed by atoms with van der Waals surface area (Å²) in [5.41, 5.74) is 0. The van der Waals surface area contributed by atoms with Gasteiger partial charge in [-0.3, -0.25) is 0 Å². The van der Waals surface area contributed by atoms with E-state index in [1.807, 2.05) is 0 Å². The monoisotopic (exact) mass is 230 g/mol. The van der Waals surface area contributed by atoms with E-state index in [0.717, 1.165) is 11.8 Å². The van der Waals surface area contributed by atoms with Gasteiger partial charge in [0, 0.05) is 5.38 Å². The first-order valence-corrected chi connectivity index (χ1v) is 7.21. The molecule has 0 aromatic carbocycles. The summed E-state index contributed by atoms with van der Waals surface area (Å²) in [4.78, 5) is 0. The maximum atomic E-state index is 6.31. The van der Waals surface area contributed by atoms with Gasteiger partial charge in [-0.2, -0.15) is 0 Å². The van der Waals surface area contributed by atoms with Crippen LogP contribution in [0.15, 0.2) is 0 Å². The quantitative estimate of drug-likeness (QED) is 0.566. The standard InChI is InChI=1S/C14H27Cl/c1-4-12-6-5-7-13(10-12)8-9-14(15)11(2)3/h11-14H,4-10H2,1-3H3. The lowest BCUT2D eigenvalue weighted by molar-refractivity contribution is 0.243. The van der Waals surface area contributed by atoms with E-state index < -0.39 is 0 Å². The number of rotatable bonds is 5. The van der Waals surface area contributed by atoms with Gasteiger partial charge < -0.3 is 0 Å². The largest absolute Gasteiger partial charge is 0.123 e. The summed E-state index contributed by atoms with van der Waals surface area (Å²) >= 11 is 6.31. The van der Waals surface area contributed by atoms with E-state index in [9.17, 15) is 0 Å². The molecular formula is C14H27Cl. The highest BCUT2D eigenvalue weighted by molar-refractivity contribution is 6.20. The van der Waals surface area contributed by atoms with Gasteiger partial charge >= 0.3 is 0 Å². The molecule has 1 heteroatoms. The van der Waals surface area contributed by atoms with Crippen molar-refractivity contribution in [1.29, 1.82) is 0 Å². The second-order valence-corrected chi connectivity index (χ2v) is 6.20. The third kappa shape index (κ3) is 4.76. The molecule has 0 saturated heterocycles. The topological polar surface area (TPSA) is 0 Å². The van der Waals surface area contributed by atoms with E-state index in [1.54, 1.807) is 0 Å².